The van der Waals surface area contributed by atoms with Crippen LogP contribution in [0.3, 0.4) is 0 Å². The molecule has 0 fully saturated rings. The van der Waals surface area contributed by atoms with Gasteiger partial charge in [-0.15, -0.1) is 0 Å². The maximum Gasteiger partial charge on any atom is -0.0239 e. The fourth-order valence-corrected chi connectivity index (χ4v) is 1.54. The van der Waals surface area contributed by atoms with Gasteiger partial charge in [-0.3, -0.25) is 0 Å². The third-order valence-corrected chi connectivity index (χ3v) is 2.68. The summed E-state index contributed by atoms with van der Waals surface area (Å²) in [7, 11) is 0. The molecule has 0 radical (unpaired) electrons. The second-order valence-corrected chi connectivity index (χ2v) is 3.85. The highest BCUT2D eigenvalue weighted by Gasteiger charge is 1.95. The number of unbranched alkanes of at least 4 members (excludes halogenated alkanes) is 4. The van der Waals surface area contributed by atoms with Crippen LogP contribution in [0.15, 0.2) is 12.2 Å². The molecule has 0 bridgehead atoms. The predicted molar refractivity (Wildman–Crippen MR) is 62.0 cm³/mol. The minimum Gasteiger partial charge on any atom is -0.0883 e. The summed E-state index contributed by atoms with van der Waals surface area (Å²) in [5.41, 5.74) is 0. The fraction of sp³-hybridized carbons (Fsp3) is 0.846. The zero-order chi connectivity index (χ0) is 9.94. The lowest BCUT2D eigenvalue weighted by atomic mass is 10.0. The summed E-state index contributed by atoms with van der Waals surface area (Å²) >= 11 is 0. The van der Waals surface area contributed by atoms with E-state index in [-0.39, 0.29) is 0 Å². The Morgan fingerprint density at radius 1 is 0.923 bits per heavy atom. The zero-order valence-corrected chi connectivity index (χ0v) is 9.68. The van der Waals surface area contributed by atoms with E-state index in [0.717, 1.165) is 5.92 Å². The van der Waals surface area contributed by atoms with Crippen molar-refractivity contribution < 1.29 is 0 Å². The monoisotopic (exact) mass is 182 g/mol. The van der Waals surface area contributed by atoms with E-state index < -0.39 is 0 Å². The van der Waals surface area contributed by atoms with Gasteiger partial charge in [0.1, 0.15) is 0 Å². The lowest BCUT2D eigenvalue weighted by Crippen LogP contribution is -1.89. The SMILES string of the molecule is CCCCCC/C=C/C(CC)CC. The molecule has 0 nitrogen and oxygen atoms in total. The molecule has 0 saturated carbocycles. The van der Waals surface area contributed by atoms with E-state index in [1.54, 1.807) is 0 Å². The van der Waals surface area contributed by atoms with Gasteiger partial charge in [0.05, 0.1) is 0 Å². The first-order valence-electron chi connectivity index (χ1n) is 6.01. The molecule has 0 saturated heterocycles. The van der Waals surface area contributed by atoms with Gasteiger partial charge in [0.2, 0.25) is 0 Å². The van der Waals surface area contributed by atoms with Gasteiger partial charge in [0, 0.05) is 0 Å². The molecule has 0 heteroatoms. The Labute approximate surface area is 84.4 Å². The van der Waals surface area contributed by atoms with Crippen LogP contribution in [0.4, 0.5) is 0 Å². The zero-order valence-electron chi connectivity index (χ0n) is 9.68. The molecule has 0 heterocycles. The molecule has 0 rings (SSSR count). The van der Waals surface area contributed by atoms with Crippen LogP contribution in [-0.4, -0.2) is 0 Å². The first kappa shape index (κ1) is 12.7. The van der Waals surface area contributed by atoms with Crippen molar-refractivity contribution in [1.29, 1.82) is 0 Å². The molecule has 0 aromatic rings. The number of rotatable bonds is 8. The molecule has 0 unspecified atom stereocenters. The Kier molecular flexibility index (Phi) is 9.63. The Hall–Kier alpha value is -0.260. The van der Waals surface area contributed by atoms with Crippen molar-refractivity contribution in [3.8, 4) is 0 Å². The van der Waals surface area contributed by atoms with Crippen LogP contribution < -0.4 is 0 Å². The molecule has 0 aliphatic carbocycles. The fourth-order valence-electron chi connectivity index (χ4n) is 1.54. The molecule has 13 heavy (non-hydrogen) atoms. The van der Waals surface area contributed by atoms with Crippen LogP contribution >= 0.6 is 0 Å². The quantitative estimate of drug-likeness (QED) is 0.368. The van der Waals surface area contributed by atoms with Gasteiger partial charge in [-0.1, -0.05) is 52.2 Å². The molecule has 0 N–H and O–H groups in total. The van der Waals surface area contributed by atoms with Gasteiger partial charge < -0.3 is 0 Å². The smallest absolute Gasteiger partial charge is 0.0239 e. The van der Waals surface area contributed by atoms with Crippen LogP contribution in [0.25, 0.3) is 0 Å². The Balaban J connectivity index is 3.28. The minimum absolute atomic E-state index is 0.825. The molecule has 0 aliphatic heterocycles. The normalized spacial score (nSPS) is 11.7. The van der Waals surface area contributed by atoms with E-state index in [0.29, 0.717) is 0 Å². The molecule has 0 aromatic carbocycles. The summed E-state index contributed by atoms with van der Waals surface area (Å²) in [4.78, 5) is 0. The van der Waals surface area contributed by atoms with Gasteiger partial charge in [-0.2, -0.15) is 0 Å². The molecule has 0 atom stereocenters. The van der Waals surface area contributed by atoms with Gasteiger partial charge in [0.25, 0.3) is 0 Å². The van der Waals surface area contributed by atoms with E-state index in [2.05, 4.69) is 32.9 Å². The van der Waals surface area contributed by atoms with Crippen molar-refractivity contribution in [2.45, 2.75) is 65.7 Å². The maximum atomic E-state index is 2.41. The van der Waals surface area contributed by atoms with Crippen molar-refractivity contribution in [3.63, 3.8) is 0 Å². The molecular weight excluding hydrogens is 156 g/mol. The van der Waals surface area contributed by atoms with Crippen molar-refractivity contribution >= 4 is 0 Å². The van der Waals surface area contributed by atoms with Gasteiger partial charge in [-0.05, 0) is 31.6 Å². The highest BCUT2D eigenvalue weighted by Crippen LogP contribution is 2.10. The largest absolute Gasteiger partial charge is 0.0883 e. The predicted octanol–water partition coefficient (Wildman–Crippen LogP) is 4.95. The first-order valence-corrected chi connectivity index (χ1v) is 6.01. The van der Waals surface area contributed by atoms with Crippen molar-refractivity contribution in [2.75, 3.05) is 0 Å². The summed E-state index contributed by atoms with van der Waals surface area (Å²) in [5, 5.41) is 0. The summed E-state index contributed by atoms with van der Waals surface area (Å²) in [6.45, 7) is 6.81. The topological polar surface area (TPSA) is 0 Å². The van der Waals surface area contributed by atoms with Crippen LogP contribution in [0.5, 0.6) is 0 Å². The van der Waals surface area contributed by atoms with E-state index in [1.807, 2.05) is 0 Å². The summed E-state index contributed by atoms with van der Waals surface area (Å²) in [6.07, 6.45) is 14.2. The number of hydrogen-bond acceptors (Lipinski definition) is 0. The lowest BCUT2D eigenvalue weighted by molar-refractivity contribution is 0.601. The lowest BCUT2D eigenvalue weighted by Gasteiger charge is -2.04. The Bertz CT molecular complexity index is 109. The summed E-state index contributed by atoms with van der Waals surface area (Å²) < 4.78 is 0. The number of allylic oxidation sites excluding steroid dienone is 2. The van der Waals surface area contributed by atoms with Gasteiger partial charge >= 0.3 is 0 Å². The van der Waals surface area contributed by atoms with E-state index in [1.165, 1.54) is 44.9 Å². The molecule has 78 valence electrons. The van der Waals surface area contributed by atoms with E-state index >= 15 is 0 Å². The van der Waals surface area contributed by atoms with Crippen LogP contribution in [0.1, 0.15) is 65.7 Å². The first-order chi connectivity index (χ1) is 6.35. The highest BCUT2D eigenvalue weighted by atomic mass is 14.0. The maximum absolute atomic E-state index is 2.41. The standard InChI is InChI=1S/C13H26/c1-4-7-8-9-10-11-12-13(5-2)6-3/h11-13H,4-10H2,1-3H3/b12-11+. The second-order valence-electron chi connectivity index (χ2n) is 3.85. The van der Waals surface area contributed by atoms with E-state index in [4.69, 9.17) is 0 Å². The third kappa shape index (κ3) is 8.08. The van der Waals surface area contributed by atoms with Crippen molar-refractivity contribution in [3.05, 3.63) is 12.2 Å². The van der Waals surface area contributed by atoms with E-state index in [9.17, 15) is 0 Å². The number of hydrogen-bond donors (Lipinski definition) is 0. The van der Waals surface area contributed by atoms with Crippen molar-refractivity contribution in [2.24, 2.45) is 5.92 Å². The molecular formula is C13H26. The van der Waals surface area contributed by atoms with Crippen LogP contribution in [0, 0.1) is 5.92 Å². The minimum atomic E-state index is 0.825. The van der Waals surface area contributed by atoms with Crippen molar-refractivity contribution in [1.82, 2.24) is 0 Å². The van der Waals surface area contributed by atoms with Crippen LogP contribution in [-0.2, 0) is 0 Å². The molecule has 0 aromatic heterocycles. The average molecular weight is 182 g/mol. The summed E-state index contributed by atoms with van der Waals surface area (Å²) in [6, 6.07) is 0. The average Bonchev–Trinajstić information content (AvgIpc) is 2.17. The third-order valence-electron chi connectivity index (χ3n) is 2.68. The molecule has 0 aliphatic rings. The van der Waals surface area contributed by atoms with Gasteiger partial charge in [-0.25, -0.2) is 0 Å². The Morgan fingerprint density at radius 3 is 2.15 bits per heavy atom. The van der Waals surface area contributed by atoms with Crippen LogP contribution in [0.2, 0.25) is 0 Å². The molecule has 0 amide bonds. The molecule has 0 spiro atoms. The second kappa shape index (κ2) is 9.83. The summed E-state index contributed by atoms with van der Waals surface area (Å²) in [5.74, 6) is 0.825. The van der Waals surface area contributed by atoms with Gasteiger partial charge in [0.15, 0.2) is 0 Å². The highest BCUT2D eigenvalue weighted by molar-refractivity contribution is 4.87. The Morgan fingerprint density at radius 2 is 1.62 bits per heavy atom.